The molecule has 0 fully saturated rings. The van der Waals surface area contributed by atoms with Crippen molar-refractivity contribution in [2.45, 2.75) is 0 Å². The SMILES string of the molecule is O=C(Nc1nnc(-c2ccccn2)s1)c1nc(Cl)ccc1Cl. The summed E-state index contributed by atoms with van der Waals surface area (Å²) < 4.78 is 0. The largest absolute Gasteiger partial charge is 0.295 e. The first-order chi connectivity index (χ1) is 10.6. The van der Waals surface area contributed by atoms with Crippen molar-refractivity contribution in [3.05, 3.63) is 52.4 Å². The summed E-state index contributed by atoms with van der Waals surface area (Å²) in [6, 6.07) is 8.47. The molecule has 0 aliphatic heterocycles. The number of carbonyl (C=O) groups is 1. The fourth-order valence-electron chi connectivity index (χ4n) is 1.60. The van der Waals surface area contributed by atoms with Crippen molar-refractivity contribution in [2.75, 3.05) is 5.32 Å². The highest BCUT2D eigenvalue weighted by atomic mass is 35.5. The van der Waals surface area contributed by atoms with Crippen molar-refractivity contribution in [1.82, 2.24) is 20.2 Å². The Labute approximate surface area is 139 Å². The molecule has 3 heterocycles. The van der Waals surface area contributed by atoms with Gasteiger partial charge in [-0.15, -0.1) is 10.2 Å². The van der Waals surface area contributed by atoms with Crippen LogP contribution in [-0.2, 0) is 0 Å². The highest BCUT2D eigenvalue weighted by Crippen LogP contribution is 2.25. The monoisotopic (exact) mass is 351 g/mol. The minimum Gasteiger partial charge on any atom is -0.295 e. The average Bonchev–Trinajstić information content (AvgIpc) is 2.99. The van der Waals surface area contributed by atoms with Gasteiger partial charge in [0, 0.05) is 6.20 Å². The molecular weight excluding hydrogens is 345 g/mol. The predicted molar refractivity (Wildman–Crippen MR) is 85.4 cm³/mol. The lowest BCUT2D eigenvalue weighted by Crippen LogP contribution is -2.14. The van der Waals surface area contributed by atoms with E-state index in [4.69, 9.17) is 23.2 Å². The Morgan fingerprint density at radius 3 is 2.77 bits per heavy atom. The fourth-order valence-corrected chi connectivity index (χ4v) is 2.65. The lowest BCUT2D eigenvalue weighted by atomic mass is 10.3. The maximum absolute atomic E-state index is 12.1. The van der Waals surface area contributed by atoms with E-state index in [1.54, 1.807) is 12.3 Å². The van der Waals surface area contributed by atoms with Crippen LogP contribution in [0.3, 0.4) is 0 Å². The summed E-state index contributed by atoms with van der Waals surface area (Å²) in [6.07, 6.45) is 1.66. The minimum absolute atomic E-state index is 0.0313. The van der Waals surface area contributed by atoms with Gasteiger partial charge in [0.25, 0.3) is 5.91 Å². The van der Waals surface area contributed by atoms with Crippen LogP contribution in [0.4, 0.5) is 5.13 Å². The molecule has 3 aromatic heterocycles. The van der Waals surface area contributed by atoms with Crippen molar-refractivity contribution in [3.63, 3.8) is 0 Å². The molecule has 0 radical (unpaired) electrons. The Bertz CT molecular complexity index is 824. The summed E-state index contributed by atoms with van der Waals surface area (Å²) in [7, 11) is 0. The third-order valence-electron chi connectivity index (χ3n) is 2.56. The first-order valence-electron chi connectivity index (χ1n) is 6.02. The van der Waals surface area contributed by atoms with Crippen LogP contribution in [0.5, 0.6) is 0 Å². The predicted octanol–water partition coefficient (Wildman–Crippen LogP) is 3.55. The molecule has 6 nitrogen and oxygen atoms in total. The van der Waals surface area contributed by atoms with E-state index in [0.717, 1.165) is 0 Å². The number of hydrogen-bond donors (Lipinski definition) is 1. The third kappa shape index (κ3) is 3.22. The minimum atomic E-state index is -0.503. The van der Waals surface area contributed by atoms with Crippen LogP contribution in [0, 0.1) is 0 Å². The van der Waals surface area contributed by atoms with Gasteiger partial charge in [0.1, 0.15) is 16.5 Å². The van der Waals surface area contributed by atoms with Gasteiger partial charge >= 0.3 is 0 Å². The van der Waals surface area contributed by atoms with Crippen molar-refractivity contribution in [2.24, 2.45) is 0 Å². The zero-order chi connectivity index (χ0) is 15.5. The van der Waals surface area contributed by atoms with Crippen LogP contribution < -0.4 is 5.32 Å². The molecule has 3 rings (SSSR count). The van der Waals surface area contributed by atoms with Crippen molar-refractivity contribution < 1.29 is 4.79 Å². The lowest BCUT2D eigenvalue weighted by molar-refractivity contribution is 0.102. The van der Waals surface area contributed by atoms with E-state index < -0.39 is 5.91 Å². The Kier molecular flexibility index (Phi) is 4.28. The Balaban J connectivity index is 1.81. The number of carbonyl (C=O) groups excluding carboxylic acids is 1. The molecule has 0 spiro atoms. The highest BCUT2D eigenvalue weighted by Gasteiger charge is 2.16. The molecule has 0 aromatic carbocycles. The normalized spacial score (nSPS) is 10.5. The second kappa shape index (κ2) is 6.35. The zero-order valence-corrected chi connectivity index (χ0v) is 13.2. The highest BCUT2D eigenvalue weighted by molar-refractivity contribution is 7.18. The van der Waals surface area contributed by atoms with Crippen molar-refractivity contribution in [3.8, 4) is 10.7 Å². The summed E-state index contributed by atoms with van der Waals surface area (Å²) in [6.45, 7) is 0. The topological polar surface area (TPSA) is 80.7 Å². The van der Waals surface area contributed by atoms with Gasteiger partial charge in [-0.25, -0.2) is 4.98 Å². The number of aromatic nitrogens is 4. The molecule has 1 N–H and O–H groups in total. The van der Waals surface area contributed by atoms with E-state index in [1.165, 1.54) is 23.5 Å². The van der Waals surface area contributed by atoms with Crippen LogP contribution in [-0.4, -0.2) is 26.1 Å². The standard InChI is InChI=1S/C13H7Cl2N5OS/c14-7-4-5-9(15)17-10(7)11(21)18-13-20-19-12(22-13)8-3-1-2-6-16-8/h1-6H,(H,18,20,21). The Morgan fingerprint density at radius 1 is 1.14 bits per heavy atom. The average molecular weight is 352 g/mol. The van der Waals surface area contributed by atoms with Crippen LogP contribution >= 0.6 is 34.5 Å². The number of amides is 1. The first kappa shape index (κ1) is 14.8. The molecule has 22 heavy (non-hydrogen) atoms. The molecule has 0 bridgehead atoms. The molecule has 0 aliphatic rings. The van der Waals surface area contributed by atoms with Crippen LogP contribution in [0.1, 0.15) is 10.5 Å². The summed E-state index contributed by atoms with van der Waals surface area (Å²) in [5.41, 5.74) is 0.711. The number of nitrogens with one attached hydrogen (secondary N) is 1. The van der Waals surface area contributed by atoms with Crippen LogP contribution in [0.15, 0.2) is 36.5 Å². The van der Waals surface area contributed by atoms with Crippen molar-refractivity contribution in [1.29, 1.82) is 0 Å². The summed E-state index contributed by atoms with van der Waals surface area (Å²) in [5.74, 6) is -0.503. The second-order valence-corrected chi connectivity index (χ2v) is 5.82. The van der Waals surface area contributed by atoms with Gasteiger partial charge in [0.15, 0.2) is 5.01 Å². The van der Waals surface area contributed by atoms with E-state index in [1.807, 2.05) is 12.1 Å². The smallest absolute Gasteiger partial charge is 0.277 e. The van der Waals surface area contributed by atoms with Gasteiger partial charge in [-0.05, 0) is 24.3 Å². The molecule has 0 unspecified atom stereocenters. The zero-order valence-electron chi connectivity index (χ0n) is 10.8. The summed E-state index contributed by atoms with van der Waals surface area (Å²) >= 11 is 12.9. The number of anilines is 1. The van der Waals surface area contributed by atoms with Gasteiger partial charge in [-0.1, -0.05) is 40.6 Å². The molecule has 1 amide bonds. The van der Waals surface area contributed by atoms with Crippen LogP contribution in [0.2, 0.25) is 10.2 Å². The first-order valence-corrected chi connectivity index (χ1v) is 7.59. The van der Waals surface area contributed by atoms with Crippen molar-refractivity contribution >= 4 is 45.6 Å². The van der Waals surface area contributed by atoms with Gasteiger partial charge in [-0.2, -0.15) is 0 Å². The number of hydrogen-bond acceptors (Lipinski definition) is 6. The quantitative estimate of drug-likeness (QED) is 0.729. The van der Waals surface area contributed by atoms with Crippen LogP contribution in [0.25, 0.3) is 10.7 Å². The van der Waals surface area contributed by atoms with Gasteiger partial charge in [0.05, 0.1) is 5.02 Å². The van der Waals surface area contributed by atoms with Gasteiger partial charge in [-0.3, -0.25) is 15.1 Å². The third-order valence-corrected chi connectivity index (χ3v) is 3.93. The fraction of sp³-hybridized carbons (Fsp3) is 0. The molecule has 0 saturated carbocycles. The van der Waals surface area contributed by atoms with E-state index in [9.17, 15) is 4.79 Å². The molecule has 3 aromatic rings. The van der Waals surface area contributed by atoms with E-state index in [2.05, 4.69) is 25.5 Å². The molecule has 0 atom stereocenters. The molecular formula is C13H7Cl2N5OS. The van der Waals surface area contributed by atoms with Gasteiger partial charge < -0.3 is 0 Å². The number of nitrogens with zero attached hydrogens (tertiary/aromatic N) is 4. The van der Waals surface area contributed by atoms with E-state index in [-0.39, 0.29) is 15.9 Å². The molecule has 0 saturated heterocycles. The number of rotatable bonds is 3. The maximum Gasteiger partial charge on any atom is 0.277 e. The van der Waals surface area contributed by atoms with E-state index >= 15 is 0 Å². The summed E-state index contributed by atoms with van der Waals surface area (Å²) in [5, 5.41) is 11.8. The Hall–Kier alpha value is -2.09. The lowest BCUT2D eigenvalue weighted by Gasteiger charge is -2.02. The Morgan fingerprint density at radius 2 is 2.00 bits per heavy atom. The molecule has 110 valence electrons. The maximum atomic E-state index is 12.1. The second-order valence-electron chi connectivity index (χ2n) is 4.05. The molecule has 9 heteroatoms. The van der Waals surface area contributed by atoms with E-state index in [0.29, 0.717) is 15.8 Å². The van der Waals surface area contributed by atoms with Gasteiger partial charge in [0.2, 0.25) is 5.13 Å². The number of halogens is 2. The number of pyridine rings is 2. The molecule has 0 aliphatic carbocycles. The summed E-state index contributed by atoms with van der Waals surface area (Å²) in [4.78, 5) is 20.2.